The Bertz CT molecular complexity index is 2620. The Balaban J connectivity index is 1.50. The van der Waals surface area contributed by atoms with Crippen molar-refractivity contribution >= 4 is 83.3 Å². The number of furan rings is 1. The second-order valence-electron chi connectivity index (χ2n) is 11.1. The monoisotopic (exact) mass is 507 g/mol. The minimum Gasteiger partial charge on any atom is -0.456 e. The van der Waals surface area contributed by atoms with Crippen LogP contribution in [-0.4, -0.2) is 20.9 Å². The summed E-state index contributed by atoms with van der Waals surface area (Å²) in [5, 5.41) is 7.36. The summed E-state index contributed by atoms with van der Waals surface area (Å²) < 4.78 is 11.6. The number of benzene rings is 5. The molecular weight excluding hydrogens is 489 g/mol. The van der Waals surface area contributed by atoms with Crippen molar-refractivity contribution < 1.29 is 4.42 Å². The van der Waals surface area contributed by atoms with Gasteiger partial charge < -0.3 is 13.5 Å². The number of hydrogen-bond acceptors (Lipinski definition) is 2. The van der Waals surface area contributed by atoms with Crippen molar-refractivity contribution in [1.29, 1.82) is 0 Å². The van der Waals surface area contributed by atoms with Gasteiger partial charge in [0.25, 0.3) is 0 Å². The van der Waals surface area contributed by atoms with Gasteiger partial charge in [-0.2, -0.15) is 0 Å². The quantitative estimate of drug-likeness (QED) is 0.205. The number of pyridine rings is 1. The van der Waals surface area contributed by atoms with Crippen molar-refractivity contribution in [2.24, 2.45) is 0 Å². The predicted molar refractivity (Wildman–Crippen MR) is 165 cm³/mol. The van der Waals surface area contributed by atoms with Crippen LogP contribution in [0.1, 0.15) is 0 Å². The first-order valence-electron chi connectivity index (χ1n) is 13.8. The van der Waals surface area contributed by atoms with E-state index in [-0.39, 0.29) is 6.85 Å². The standard InChI is InChI=1S/C35H18BN3O/c1-4-13-25-19(8-1)21-11-7-12-24-34(21)38(25)27-18-29-30(23-10-3-6-15-28(23)40-29)31-32(27)36(24)39-26-14-5-2-9-20(26)22-16-17-37-33(31)35(22)39/h1-18H. The van der Waals surface area contributed by atoms with Crippen molar-refractivity contribution in [3.05, 3.63) is 109 Å². The van der Waals surface area contributed by atoms with Gasteiger partial charge in [-0.05, 0) is 35.2 Å². The predicted octanol–water partition coefficient (Wildman–Crippen LogP) is 7.13. The second-order valence-corrected chi connectivity index (χ2v) is 11.1. The van der Waals surface area contributed by atoms with Gasteiger partial charge in [-0.15, -0.1) is 0 Å². The number of hydrogen-bond donors (Lipinski definition) is 0. The summed E-state index contributed by atoms with van der Waals surface area (Å²) in [5.41, 5.74) is 12.8. The molecule has 11 rings (SSSR count). The van der Waals surface area contributed by atoms with Crippen LogP contribution in [0.15, 0.2) is 114 Å². The summed E-state index contributed by atoms with van der Waals surface area (Å²) in [4.78, 5) is 5.13. The lowest BCUT2D eigenvalue weighted by atomic mass is 9.45. The Morgan fingerprint density at radius 1 is 0.625 bits per heavy atom. The van der Waals surface area contributed by atoms with Crippen molar-refractivity contribution in [2.45, 2.75) is 0 Å². The van der Waals surface area contributed by atoms with Crippen LogP contribution >= 0.6 is 0 Å². The minimum absolute atomic E-state index is 0.0164. The fourth-order valence-corrected chi connectivity index (χ4v) is 7.93. The van der Waals surface area contributed by atoms with Crippen LogP contribution in [-0.2, 0) is 0 Å². The van der Waals surface area contributed by atoms with Gasteiger partial charge in [0, 0.05) is 61.3 Å². The molecule has 0 spiro atoms. The first kappa shape index (κ1) is 19.7. The molecule has 0 unspecified atom stereocenters. The molecular formula is C35H18BN3O. The average Bonchev–Trinajstić information content (AvgIpc) is 3.66. The van der Waals surface area contributed by atoms with Gasteiger partial charge >= 0.3 is 6.85 Å². The molecule has 182 valence electrons. The minimum atomic E-state index is 0.0164. The summed E-state index contributed by atoms with van der Waals surface area (Å²) in [6.07, 6.45) is 1.97. The van der Waals surface area contributed by atoms with Gasteiger partial charge in [-0.1, -0.05) is 72.8 Å². The Morgan fingerprint density at radius 2 is 1.35 bits per heavy atom. The van der Waals surface area contributed by atoms with E-state index in [1.54, 1.807) is 0 Å². The summed E-state index contributed by atoms with van der Waals surface area (Å²) in [6, 6.07) is 37.3. The van der Waals surface area contributed by atoms with Crippen LogP contribution < -0.4 is 10.9 Å². The SMILES string of the molecule is c1ccc2c(c1)oc1cc3c4c(c12)-c1nccc2c5ccccc5n(c12)B4c1cccc2c4ccccc4n-3c12. The van der Waals surface area contributed by atoms with Crippen molar-refractivity contribution in [3.63, 3.8) is 0 Å². The summed E-state index contributed by atoms with van der Waals surface area (Å²) >= 11 is 0. The summed E-state index contributed by atoms with van der Waals surface area (Å²) in [7, 11) is 0. The molecule has 0 radical (unpaired) electrons. The molecule has 0 aliphatic carbocycles. The molecule has 4 nitrogen and oxygen atoms in total. The Kier molecular flexibility index (Phi) is 3.19. The molecule has 6 heterocycles. The Labute approximate surface area is 227 Å². The zero-order valence-electron chi connectivity index (χ0n) is 21.2. The van der Waals surface area contributed by atoms with Crippen LogP contribution in [0.2, 0.25) is 0 Å². The Morgan fingerprint density at radius 3 is 2.25 bits per heavy atom. The van der Waals surface area contributed by atoms with Crippen molar-refractivity contribution in [1.82, 2.24) is 14.0 Å². The zero-order chi connectivity index (χ0) is 25.7. The van der Waals surface area contributed by atoms with Gasteiger partial charge in [0.15, 0.2) is 0 Å². The number of aromatic nitrogens is 3. The molecule has 0 bridgehead atoms. The van der Waals surface area contributed by atoms with Gasteiger partial charge in [0.2, 0.25) is 0 Å². The Hall–Kier alpha value is -5.29. The smallest absolute Gasteiger partial charge is 0.333 e. The lowest BCUT2D eigenvalue weighted by molar-refractivity contribution is 0.669. The van der Waals surface area contributed by atoms with E-state index in [1.807, 2.05) is 6.20 Å². The molecule has 5 aromatic carbocycles. The second kappa shape index (κ2) is 6.46. The molecule has 9 aromatic rings. The summed E-state index contributed by atoms with van der Waals surface area (Å²) in [6.45, 7) is 0.0164. The molecule has 40 heavy (non-hydrogen) atoms. The third-order valence-corrected chi connectivity index (χ3v) is 9.33. The van der Waals surface area contributed by atoms with E-state index >= 15 is 0 Å². The van der Waals surface area contributed by atoms with E-state index in [0.29, 0.717) is 0 Å². The summed E-state index contributed by atoms with van der Waals surface area (Å²) in [5.74, 6) is 0. The van der Waals surface area contributed by atoms with E-state index in [4.69, 9.17) is 9.40 Å². The molecule has 0 N–H and O–H groups in total. The van der Waals surface area contributed by atoms with Crippen LogP contribution in [0.3, 0.4) is 0 Å². The molecule has 0 saturated heterocycles. The van der Waals surface area contributed by atoms with E-state index in [0.717, 1.165) is 27.6 Å². The average molecular weight is 507 g/mol. The fourth-order valence-electron chi connectivity index (χ4n) is 7.93. The molecule has 0 amide bonds. The third-order valence-electron chi connectivity index (χ3n) is 9.33. The number of rotatable bonds is 0. The normalized spacial score (nSPS) is 13.4. The van der Waals surface area contributed by atoms with Gasteiger partial charge in [-0.3, -0.25) is 4.98 Å². The van der Waals surface area contributed by atoms with Gasteiger partial charge in [0.1, 0.15) is 11.2 Å². The molecule has 2 aliphatic heterocycles. The lowest BCUT2D eigenvalue weighted by Gasteiger charge is -2.33. The first-order valence-corrected chi connectivity index (χ1v) is 13.8. The van der Waals surface area contributed by atoms with Crippen LogP contribution in [0, 0.1) is 0 Å². The maximum atomic E-state index is 6.59. The van der Waals surface area contributed by atoms with Crippen molar-refractivity contribution in [2.75, 3.05) is 0 Å². The topological polar surface area (TPSA) is 35.9 Å². The molecule has 4 aromatic heterocycles. The molecule has 5 heteroatoms. The number of nitrogens with zero attached hydrogens (tertiary/aromatic N) is 3. The van der Waals surface area contributed by atoms with Crippen LogP contribution in [0.4, 0.5) is 0 Å². The van der Waals surface area contributed by atoms with Gasteiger partial charge in [-0.25, -0.2) is 0 Å². The van der Waals surface area contributed by atoms with Crippen molar-refractivity contribution in [3.8, 4) is 16.9 Å². The largest absolute Gasteiger partial charge is 0.456 e. The highest BCUT2D eigenvalue weighted by molar-refractivity contribution is 6.90. The van der Waals surface area contributed by atoms with Crippen LogP contribution in [0.5, 0.6) is 0 Å². The highest BCUT2D eigenvalue weighted by Gasteiger charge is 2.43. The third kappa shape index (κ3) is 2.02. The lowest BCUT2D eigenvalue weighted by Crippen LogP contribution is -2.55. The number of para-hydroxylation sites is 4. The van der Waals surface area contributed by atoms with Crippen LogP contribution in [0.25, 0.3) is 82.5 Å². The zero-order valence-corrected chi connectivity index (χ0v) is 21.2. The maximum Gasteiger partial charge on any atom is 0.333 e. The van der Waals surface area contributed by atoms with E-state index in [2.05, 4.69) is 112 Å². The maximum absolute atomic E-state index is 6.59. The molecule has 0 atom stereocenters. The van der Waals surface area contributed by atoms with Gasteiger partial charge in [0.05, 0.1) is 22.2 Å². The van der Waals surface area contributed by atoms with E-state index in [9.17, 15) is 0 Å². The molecule has 0 fully saturated rings. The highest BCUT2D eigenvalue weighted by atomic mass is 16.3. The fraction of sp³-hybridized carbons (Fsp3) is 0. The first-order chi connectivity index (χ1) is 19.9. The highest BCUT2D eigenvalue weighted by Crippen LogP contribution is 2.46. The van der Waals surface area contributed by atoms with E-state index < -0.39 is 0 Å². The number of fused-ring (bicyclic) bond motifs is 14. The molecule has 2 aliphatic rings. The molecule has 0 saturated carbocycles. The van der Waals surface area contributed by atoms with E-state index in [1.165, 1.54) is 65.8 Å².